The van der Waals surface area contributed by atoms with Crippen molar-refractivity contribution >= 4 is 21.9 Å². The summed E-state index contributed by atoms with van der Waals surface area (Å²) in [5, 5.41) is 8.73. The molecule has 0 bridgehead atoms. The van der Waals surface area contributed by atoms with Crippen molar-refractivity contribution in [2.24, 2.45) is 0 Å². The lowest BCUT2D eigenvalue weighted by Gasteiger charge is -2.04. The number of aryl methyl sites for hydroxylation is 1. The molecular formula is C9H9BrO3. The average Bonchev–Trinajstić information content (AvgIpc) is 2.03. The molecule has 1 N–H and O–H groups in total. The van der Waals surface area contributed by atoms with Gasteiger partial charge in [0.1, 0.15) is 11.3 Å². The summed E-state index contributed by atoms with van der Waals surface area (Å²) in [5.74, 6) is -0.377. The lowest BCUT2D eigenvalue weighted by molar-refractivity contribution is 0.0696. The summed E-state index contributed by atoms with van der Waals surface area (Å²) >= 11 is 3.10. The summed E-state index contributed by atoms with van der Waals surface area (Å²) in [6, 6.07) is 4.88. The Kier molecular flexibility index (Phi) is 3.31. The average molecular weight is 245 g/mol. The van der Waals surface area contributed by atoms with E-state index in [0.717, 1.165) is 5.56 Å². The van der Waals surface area contributed by atoms with Crippen molar-refractivity contribution in [2.45, 2.75) is 6.92 Å². The zero-order valence-corrected chi connectivity index (χ0v) is 8.67. The minimum absolute atomic E-state index is 0.246. The molecule has 0 saturated carbocycles. The maximum absolute atomic E-state index is 10.6. The van der Waals surface area contributed by atoms with E-state index >= 15 is 0 Å². The highest BCUT2D eigenvalue weighted by Gasteiger charge is 2.05. The van der Waals surface area contributed by atoms with E-state index in [1.54, 1.807) is 12.1 Å². The third kappa shape index (κ3) is 2.73. The molecule has 0 radical (unpaired) electrons. The van der Waals surface area contributed by atoms with E-state index < -0.39 is 5.97 Å². The molecule has 4 heteroatoms. The molecule has 70 valence electrons. The van der Waals surface area contributed by atoms with Gasteiger partial charge in [-0.05, 0) is 46.6 Å². The molecular weight excluding hydrogens is 236 g/mol. The van der Waals surface area contributed by atoms with Crippen molar-refractivity contribution in [3.05, 3.63) is 29.3 Å². The molecule has 0 aliphatic carbocycles. The summed E-state index contributed by atoms with van der Waals surface area (Å²) in [4.78, 5) is 10.6. The molecule has 0 fully saturated rings. The van der Waals surface area contributed by atoms with Gasteiger partial charge in [0.05, 0.1) is 5.56 Å². The van der Waals surface area contributed by atoms with Gasteiger partial charge in [-0.15, -0.1) is 0 Å². The summed E-state index contributed by atoms with van der Waals surface area (Å²) in [6.07, 6.45) is 0. The Morgan fingerprint density at radius 2 is 2.23 bits per heavy atom. The van der Waals surface area contributed by atoms with Gasteiger partial charge in [0.2, 0.25) is 0 Å². The second kappa shape index (κ2) is 4.28. The smallest absolute Gasteiger partial charge is 0.335 e. The Hall–Kier alpha value is -1.03. The molecule has 3 nitrogen and oxygen atoms in total. The molecule has 1 aromatic rings. The largest absolute Gasteiger partial charge is 0.482 e. The Labute approximate surface area is 84.5 Å². The number of aromatic carboxylic acids is 1. The highest BCUT2D eigenvalue weighted by molar-refractivity contribution is 9.09. The van der Waals surface area contributed by atoms with E-state index in [2.05, 4.69) is 15.9 Å². The number of carbonyl (C=O) groups is 1. The van der Waals surface area contributed by atoms with E-state index in [1.165, 1.54) is 6.07 Å². The van der Waals surface area contributed by atoms with Gasteiger partial charge in [0.25, 0.3) is 0 Å². The Balaban J connectivity index is 3.03. The van der Waals surface area contributed by atoms with Gasteiger partial charge < -0.3 is 9.84 Å². The fraction of sp³-hybridized carbons (Fsp3) is 0.222. The fourth-order valence-electron chi connectivity index (χ4n) is 1.02. The zero-order valence-electron chi connectivity index (χ0n) is 7.08. The number of alkyl halides is 1. The van der Waals surface area contributed by atoms with Crippen molar-refractivity contribution in [1.82, 2.24) is 0 Å². The Bertz CT molecular complexity index is 323. The van der Waals surface area contributed by atoms with Crippen LogP contribution in [0.15, 0.2) is 18.2 Å². The maximum Gasteiger partial charge on any atom is 0.335 e. The van der Waals surface area contributed by atoms with Crippen LogP contribution >= 0.6 is 15.9 Å². The van der Waals surface area contributed by atoms with Gasteiger partial charge >= 0.3 is 5.97 Å². The highest BCUT2D eigenvalue weighted by Crippen LogP contribution is 2.17. The number of halogens is 1. The first-order valence-corrected chi connectivity index (χ1v) is 4.79. The highest BCUT2D eigenvalue weighted by atomic mass is 79.9. The van der Waals surface area contributed by atoms with Crippen molar-refractivity contribution in [3.8, 4) is 5.75 Å². The number of benzene rings is 1. The Morgan fingerprint density at radius 1 is 1.54 bits per heavy atom. The van der Waals surface area contributed by atoms with E-state index in [4.69, 9.17) is 9.84 Å². The molecule has 0 atom stereocenters. The van der Waals surface area contributed by atoms with E-state index in [-0.39, 0.29) is 5.56 Å². The van der Waals surface area contributed by atoms with Crippen LogP contribution < -0.4 is 4.74 Å². The maximum atomic E-state index is 10.6. The molecule has 0 aliphatic heterocycles. The lowest BCUT2D eigenvalue weighted by Crippen LogP contribution is -1.98. The summed E-state index contributed by atoms with van der Waals surface area (Å²) < 4.78 is 5.13. The molecule has 1 aromatic carbocycles. The summed E-state index contributed by atoms with van der Waals surface area (Å²) in [5.41, 5.74) is 1.47. The van der Waals surface area contributed by atoms with Crippen LogP contribution in [0.25, 0.3) is 0 Å². The molecule has 0 unspecified atom stereocenters. The molecule has 13 heavy (non-hydrogen) atoms. The minimum atomic E-state index is -0.942. The molecule has 1 rings (SSSR count). The van der Waals surface area contributed by atoms with Crippen LogP contribution in [0.3, 0.4) is 0 Å². The van der Waals surface area contributed by atoms with Crippen LogP contribution in [0.1, 0.15) is 15.9 Å². The van der Waals surface area contributed by atoms with Crippen molar-refractivity contribution in [2.75, 3.05) is 5.52 Å². The number of carboxylic acids is 1. The molecule has 0 aliphatic rings. The topological polar surface area (TPSA) is 46.5 Å². The van der Waals surface area contributed by atoms with E-state index in [1.807, 2.05) is 6.92 Å². The Morgan fingerprint density at radius 3 is 2.77 bits per heavy atom. The fourth-order valence-corrected chi connectivity index (χ4v) is 1.28. The van der Waals surface area contributed by atoms with E-state index in [0.29, 0.717) is 11.3 Å². The lowest BCUT2D eigenvalue weighted by atomic mass is 10.1. The number of carboxylic acid groups (broad SMARTS) is 1. The van der Waals surface area contributed by atoms with Gasteiger partial charge in [0.15, 0.2) is 0 Å². The third-order valence-electron chi connectivity index (χ3n) is 1.52. The first kappa shape index (κ1) is 10.1. The van der Waals surface area contributed by atoms with Crippen LogP contribution in [0.4, 0.5) is 0 Å². The standard InChI is InChI=1S/C9H9BrO3/c1-6-2-7(9(11)12)4-8(3-6)13-5-10/h2-4H,5H2,1H3,(H,11,12). The minimum Gasteiger partial charge on any atom is -0.482 e. The van der Waals surface area contributed by atoms with Crippen LogP contribution in [0.5, 0.6) is 5.75 Å². The number of rotatable bonds is 3. The second-order valence-electron chi connectivity index (χ2n) is 2.59. The van der Waals surface area contributed by atoms with Gasteiger partial charge in [-0.3, -0.25) is 0 Å². The van der Waals surface area contributed by atoms with Crippen LogP contribution in [-0.4, -0.2) is 16.6 Å². The first-order chi connectivity index (χ1) is 6.13. The molecule has 0 spiro atoms. The molecule has 0 heterocycles. The predicted octanol–water partition coefficient (Wildman–Crippen LogP) is 2.42. The zero-order chi connectivity index (χ0) is 9.84. The summed E-state index contributed by atoms with van der Waals surface area (Å²) in [6.45, 7) is 1.83. The summed E-state index contributed by atoms with van der Waals surface area (Å²) in [7, 11) is 0. The van der Waals surface area contributed by atoms with Crippen LogP contribution in [0, 0.1) is 6.92 Å². The first-order valence-electron chi connectivity index (χ1n) is 3.67. The van der Waals surface area contributed by atoms with Crippen molar-refractivity contribution in [1.29, 1.82) is 0 Å². The molecule has 0 amide bonds. The van der Waals surface area contributed by atoms with Crippen LogP contribution in [0.2, 0.25) is 0 Å². The van der Waals surface area contributed by atoms with Gasteiger partial charge in [-0.25, -0.2) is 4.79 Å². The monoisotopic (exact) mass is 244 g/mol. The second-order valence-corrected chi connectivity index (χ2v) is 3.05. The SMILES string of the molecule is Cc1cc(OCBr)cc(C(=O)O)c1. The predicted molar refractivity (Wildman–Crippen MR) is 52.6 cm³/mol. The van der Waals surface area contributed by atoms with E-state index in [9.17, 15) is 4.79 Å². The molecule has 0 saturated heterocycles. The van der Waals surface area contributed by atoms with Gasteiger partial charge in [-0.1, -0.05) is 0 Å². The quantitative estimate of drug-likeness (QED) is 0.832. The van der Waals surface area contributed by atoms with Gasteiger partial charge in [0, 0.05) is 0 Å². The number of hydrogen-bond acceptors (Lipinski definition) is 2. The van der Waals surface area contributed by atoms with Crippen LogP contribution in [-0.2, 0) is 0 Å². The number of hydrogen-bond donors (Lipinski definition) is 1. The van der Waals surface area contributed by atoms with Crippen molar-refractivity contribution in [3.63, 3.8) is 0 Å². The third-order valence-corrected chi connectivity index (χ3v) is 1.75. The van der Waals surface area contributed by atoms with Crippen molar-refractivity contribution < 1.29 is 14.6 Å². The van der Waals surface area contributed by atoms with Gasteiger partial charge in [-0.2, -0.15) is 0 Å². The molecule has 0 aromatic heterocycles. The number of ether oxygens (including phenoxy) is 1. The normalized spacial score (nSPS) is 9.69.